The van der Waals surface area contributed by atoms with Crippen molar-refractivity contribution in [2.75, 3.05) is 20.7 Å². The fraction of sp³-hybridized carbons (Fsp3) is 0.571. The number of likely N-dealkylation sites (tertiary alicyclic amines) is 1. The number of hydrogen-bond acceptors (Lipinski definition) is 6. The van der Waals surface area contributed by atoms with E-state index in [1.165, 1.54) is 19.7 Å². The van der Waals surface area contributed by atoms with E-state index in [1.54, 1.807) is 4.68 Å². The Balaban J connectivity index is 2.06. The summed E-state index contributed by atoms with van der Waals surface area (Å²) in [4.78, 5) is 22.2. The second-order valence-corrected chi connectivity index (χ2v) is 5.95. The summed E-state index contributed by atoms with van der Waals surface area (Å²) in [6.07, 6.45) is 3.79. The molecule has 0 saturated carbocycles. The van der Waals surface area contributed by atoms with E-state index in [2.05, 4.69) is 38.7 Å². The molecule has 3 heterocycles. The second-order valence-electron chi connectivity index (χ2n) is 5.59. The average Bonchev–Trinajstić information content (AvgIpc) is 3.09. The molecular formula is C14H18ClN5O2. The number of ether oxygens (including phenoxy) is 1. The van der Waals surface area contributed by atoms with E-state index in [1.807, 2.05) is 0 Å². The van der Waals surface area contributed by atoms with E-state index in [4.69, 9.17) is 11.6 Å². The number of carbonyl (C=O) groups excluding carboxylic acids is 1. The lowest BCUT2D eigenvalue weighted by atomic mass is 10.1. The number of nitrogens with zero attached hydrogens (tertiary/aromatic N) is 5. The minimum atomic E-state index is -0.573. The second kappa shape index (κ2) is 5.81. The molecule has 0 radical (unpaired) electrons. The van der Waals surface area contributed by atoms with Gasteiger partial charge in [0.05, 0.1) is 18.5 Å². The highest BCUT2D eigenvalue weighted by molar-refractivity contribution is 6.34. The predicted octanol–water partition coefficient (Wildman–Crippen LogP) is 1.92. The highest BCUT2D eigenvalue weighted by atomic mass is 35.5. The Morgan fingerprint density at radius 2 is 2.32 bits per heavy atom. The van der Waals surface area contributed by atoms with Crippen molar-refractivity contribution in [1.82, 2.24) is 24.6 Å². The zero-order valence-electron chi connectivity index (χ0n) is 12.8. The summed E-state index contributed by atoms with van der Waals surface area (Å²) >= 11 is 6.19. The Labute approximate surface area is 133 Å². The third-order valence-corrected chi connectivity index (χ3v) is 4.57. The van der Waals surface area contributed by atoms with Crippen LogP contribution in [0.4, 0.5) is 0 Å². The molecule has 1 saturated heterocycles. The van der Waals surface area contributed by atoms with E-state index in [0.717, 1.165) is 13.0 Å². The summed E-state index contributed by atoms with van der Waals surface area (Å²) in [5.74, 6) is -0.559. The number of likely N-dealkylation sites (N-methyl/N-ethyl adjacent to an activating group) is 1. The first-order chi connectivity index (χ1) is 10.5. The highest BCUT2D eigenvalue weighted by Crippen LogP contribution is 2.30. The molecule has 0 aromatic carbocycles. The molecule has 0 N–H and O–H groups in total. The average molecular weight is 324 g/mol. The maximum absolute atomic E-state index is 11.6. The molecule has 3 rings (SSSR count). The van der Waals surface area contributed by atoms with Gasteiger partial charge >= 0.3 is 5.97 Å². The minimum absolute atomic E-state index is 0.0137. The van der Waals surface area contributed by atoms with Crippen LogP contribution in [0.15, 0.2) is 6.20 Å². The van der Waals surface area contributed by atoms with Gasteiger partial charge in [-0.15, -0.1) is 0 Å². The molecular weight excluding hydrogens is 306 g/mol. The molecule has 0 amide bonds. The quantitative estimate of drug-likeness (QED) is 0.803. The van der Waals surface area contributed by atoms with Crippen molar-refractivity contribution in [3.63, 3.8) is 0 Å². The van der Waals surface area contributed by atoms with E-state index in [9.17, 15) is 4.79 Å². The summed E-state index contributed by atoms with van der Waals surface area (Å²) in [5, 5.41) is 5.38. The Morgan fingerprint density at radius 1 is 1.55 bits per heavy atom. The maximum Gasteiger partial charge on any atom is 0.376 e. The Bertz CT molecular complexity index is 717. The summed E-state index contributed by atoms with van der Waals surface area (Å²) in [6, 6.07) is 0.471. The molecule has 118 valence electrons. The lowest BCUT2D eigenvalue weighted by Crippen LogP contribution is -2.33. The summed E-state index contributed by atoms with van der Waals surface area (Å²) in [5.41, 5.74) is 0.563. The number of hydrogen-bond donors (Lipinski definition) is 0. The lowest BCUT2D eigenvalue weighted by Gasteiger charge is -2.26. The molecule has 2 atom stereocenters. The largest absolute Gasteiger partial charge is 0.463 e. The molecule has 1 aliphatic heterocycles. The molecule has 22 heavy (non-hydrogen) atoms. The van der Waals surface area contributed by atoms with E-state index < -0.39 is 5.97 Å². The Kier molecular flexibility index (Phi) is 4.01. The normalized spacial score (nSPS) is 20.5. The van der Waals surface area contributed by atoms with E-state index in [0.29, 0.717) is 22.2 Å². The van der Waals surface area contributed by atoms with Crippen molar-refractivity contribution in [2.45, 2.75) is 31.8 Å². The molecule has 8 heteroatoms. The van der Waals surface area contributed by atoms with Gasteiger partial charge < -0.3 is 9.64 Å². The number of rotatable bonds is 3. The zero-order valence-corrected chi connectivity index (χ0v) is 13.5. The third-order valence-electron chi connectivity index (χ3n) is 4.29. The summed E-state index contributed by atoms with van der Waals surface area (Å²) in [6.45, 7) is 3.17. The highest BCUT2D eigenvalue weighted by Gasteiger charge is 2.30. The Hall–Kier alpha value is -1.73. The van der Waals surface area contributed by atoms with Gasteiger partial charge in [0, 0.05) is 12.2 Å². The minimum Gasteiger partial charge on any atom is -0.463 e. The molecule has 1 aliphatic rings. The van der Waals surface area contributed by atoms with Crippen LogP contribution in [0.3, 0.4) is 0 Å². The van der Waals surface area contributed by atoms with Gasteiger partial charge in [-0.3, -0.25) is 0 Å². The van der Waals surface area contributed by atoms with Gasteiger partial charge in [-0.05, 0) is 33.4 Å². The SMILES string of the molecule is COC(=O)c1ncc2c(Cl)nn([C@@H](C)[C@@H]3CCCN3C)c2n1. The number of carbonyl (C=O) groups is 1. The van der Waals surface area contributed by atoms with Crippen molar-refractivity contribution in [3.8, 4) is 0 Å². The fourth-order valence-corrected chi connectivity index (χ4v) is 3.29. The molecule has 2 aromatic rings. The predicted molar refractivity (Wildman–Crippen MR) is 82.0 cm³/mol. The molecule has 0 spiro atoms. The van der Waals surface area contributed by atoms with Gasteiger partial charge in [-0.25, -0.2) is 19.4 Å². The Morgan fingerprint density at radius 3 is 2.95 bits per heavy atom. The molecule has 0 aliphatic carbocycles. The van der Waals surface area contributed by atoms with Crippen LogP contribution in [0.1, 0.15) is 36.4 Å². The van der Waals surface area contributed by atoms with Gasteiger partial charge in [0.15, 0.2) is 10.8 Å². The van der Waals surface area contributed by atoms with Crippen LogP contribution in [-0.2, 0) is 4.74 Å². The van der Waals surface area contributed by atoms with Crippen molar-refractivity contribution in [3.05, 3.63) is 17.2 Å². The van der Waals surface area contributed by atoms with Crippen LogP contribution >= 0.6 is 11.6 Å². The van der Waals surface area contributed by atoms with Crippen LogP contribution in [-0.4, -0.2) is 57.4 Å². The summed E-state index contributed by atoms with van der Waals surface area (Å²) in [7, 11) is 3.41. The van der Waals surface area contributed by atoms with Crippen LogP contribution in [0.5, 0.6) is 0 Å². The molecule has 2 aromatic heterocycles. The van der Waals surface area contributed by atoms with Crippen LogP contribution in [0.2, 0.25) is 5.15 Å². The van der Waals surface area contributed by atoms with Crippen LogP contribution < -0.4 is 0 Å². The monoisotopic (exact) mass is 323 g/mol. The smallest absolute Gasteiger partial charge is 0.376 e. The molecule has 7 nitrogen and oxygen atoms in total. The van der Waals surface area contributed by atoms with Crippen molar-refractivity contribution in [1.29, 1.82) is 0 Å². The molecule has 1 fully saturated rings. The first-order valence-electron chi connectivity index (χ1n) is 7.22. The number of aromatic nitrogens is 4. The summed E-state index contributed by atoms with van der Waals surface area (Å²) < 4.78 is 6.46. The van der Waals surface area contributed by atoms with Crippen LogP contribution in [0, 0.1) is 0 Å². The van der Waals surface area contributed by atoms with Crippen molar-refractivity contribution >= 4 is 28.6 Å². The van der Waals surface area contributed by atoms with E-state index >= 15 is 0 Å². The van der Waals surface area contributed by atoms with E-state index in [-0.39, 0.29) is 11.9 Å². The molecule has 0 bridgehead atoms. The van der Waals surface area contributed by atoms with Crippen molar-refractivity contribution in [2.24, 2.45) is 0 Å². The number of halogens is 1. The third kappa shape index (κ3) is 2.44. The zero-order chi connectivity index (χ0) is 15.9. The van der Waals surface area contributed by atoms with Gasteiger partial charge in [-0.1, -0.05) is 11.6 Å². The number of methoxy groups -OCH3 is 1. The lowest BCUT2D eigenvalue weighted by molar-refractivity contribution is 0.0587. The maximum atomic E-state index is 11.6. The van der Waals surface area contributed by atoms with Crippen LogP contribution in [0.25, 0.3) is 11.0 Å². The standard InChI is InChI=1S/C14H18ClN5O2/c1-8(10-5-4-6-19(10)2)20-13-9(11(15)18-20)7-16-12(17-13)14(21)22-3/h7-8,10H,4-6H2,1-3H3/t8-,10-/m0/s1. The topological polar surface area (TPSA) is 73.1 Å². The van der Waals surface area contributed by atoms with Crippen molar-refractivity contribution < 1.29 is 9.53 Å². The van der Waals surface area contributed by atoms with Gasteiger partial charge in [0.1, 0.15) is 0 Å². The van der Waals surface area contributed by atoms with Gasteiger partial charge in [0.25, 0.3) is 0 Å². The van der Waals surface area contributed by atoms with Gasteiger partial charge in [-0.2, -0.15) is 5.10 Å². The van der Waals surface area contributed by atoms with Gasteiger partial charge in [0.2, 0.25) is 5.82 Å². The first kappa shape index (κ1) is 15.2. The fourth-order valence-electron chi connectivity index (χ4n) is 3.07. The first-order valence-corrected chi connectivity index (χ1v) is 7.60. The number of esters is 1. The molecule has 0 unspecified atom stereocenters. The number of fused-ring (bicyclic) bond motifs is 1.